The Bertz CT molecular complexity index is 694. The molecule has 1 aliphatic carbocycles. The van der Waals surface area contributed by atoms with Crippen LogP contribution in [-0.4, -0.2) is 47.4 Å². The molecule has 0 aromatic carbocycles. The van der Waals surface area contributed by atoms with Gasteiger partial charge in [0.05, 0.1) is 18.3 Å². The van der Waals surface area contributed by atoms with E-state index in [4.69, 9.17) is 4.74 Å². The quantitative estimate of drug-likeness (QED) is 0.625. The van der Waals surface area contributed by atoms with Crippen LogP contribution >= 0.6 is 0 Å². The summed E-state index contributed by atoms with van der Waals surface area (Å²) in [5, 5.41) is 13.7. The molecule has 0 radical (unpaired) electrons. The predicted octanol–water partition coefficient (Wildman–Crippen LogP) is 1.18. The minimum absolute atomic E-state index is 0.0292. The van der Waals surface area contributed by atoms with Crippen LogP contribution in [0.2, 0.25) is 0 Å². The highest BCUT2D eigenvalue weighted by Crippen LogP contribution is 2.22. The Balaban J connectivity index is 1.67. The van der Waals surface area contributed by atoms with Gasteiger partial charge in [-0.3, -0.25) is 15.2 Å². The highest BCUT2D eigenvalue weighted by atomic mass is 16.5. The summed E-state index contributed by atoms with van der Waals surface area (Å²) in [4.78, 5) is 16.5. The lowest BCUT2D eigenvalue weighted by molar-refractivity contribution is -0.616. The topological polar surface area (TPSA) is 96.5 Å². The average molecular weight is 346 g/mol. The van der Waals surface area contributed by atoms with Gasteiger partial charge in [-0.15, -0.1) is 0 Å². The maximum Gasteiger partial charge on any atom is 0.235 e. The van der Waals surface area contributed by atoms with Crippen molar-refractivity contribution in [1.29, 1.82) is 0 Å². The molecule has 1 aliphatic rings. The van der Waals surface area contributed by atoms with Crippen molar-refractivity contribution in [3.8, 4) is 0 Å². The van der Waals surface area contributed by atoms with Crippen molar-refractivity contribution in [2.75, 3.05) is 20.3 Å². The number of rotatable bonds is 8. The Labute approximate surface area is 147 Å². The van der Waals surface area contributed by atoms with E-state index in [1.807, 2.05) is 12.3 Å². The number of nitrogens with two attached hydrogens (primary N) is 1. The molecule has 2 aromatic rings. The molecule has 1 amide bonds. The van der Waals surface area contributed by atoms with Crippen molar-refractivity contribution in [3.05, 3.63) is 18.0 Å². The predicted molar refractivity (Wildman–Crippen MR) is 95.6 cm³/mol. The van der Waals surface area contributed by atoms with Gasteiger partial charge in [-0.1, -0.05) is 6.42 Å². The van der Waals surface area contributed by atoms with E-state index in [1.165, 1.54) is 32.1 Å². The molecule has 0 bridgehead atoms. The highest BCUT2D eigenvalue weighted by molar-refractivity contribution is 5.88. The van der Waals surface area contributed by atoms with Crippen LogP contribution in [0.25, 0.3) is 10.9 Å². The van der Waals surface area contributed by atoms with E-state index in [2.05, 4.69) is 25.8 Å². The number of fused-ring (bicyclic) bond motifs is 1. The number of carbonyl (C=O) groups is 1. The summed E-state index contributed by atoms with van der Waals surface area (Å²) in [6, 6.07) is 2.53. The summed E-state index contributed by atoms with van der Waals surface area (Å²) in [5.41, 5.74) is 1.92. The zero-order valence-electron chi connectivity index (χ0n) is 14.9. The second kappa shape index (κ2) is 8.92. The van der Waals surface area contributed by atoms with Crippen molar-refractivity contribution in [2.24, 2.45) is 0 Å². The summed E-state index contributed by atoms with van der Waals surface area (Å²) in [5.74, 6) is 1.04. The fourth-order valence-electron chi connectivity index (χ4n) is 3.50. The molecule has 7 nitrogen and oxygen atoms in total. The van der Waals surface area contributed by atoms with Crippen LogP contribution in [0.4, 0.5) is 5.82 Å². The Morgan fingerprint density at radius 1 is 1.40 bits per heavy atom. The fraction of sp³-hybridized carbons (Fsp3) is 0.611. The maximum absolute atomic E-state index is 11.9. The van der Waals surface area contributed by atoms with Crippen molar-refractivity contribution >= 4 is 22.6 Å². The summed E-state index contributed by atoms with van der Waals surface area (Å²) in [6.45, 7) is 1.07. The number of hydrogen-bond acceptors (Lipinski definition) is 4. The van der Waals surface area contributed by atoms with E-state index in [0.29, 0.717) is 32.0 Å². The van der Waals surface area contributed by atoms with Gasteiger partial charge in [0.2, 0.25) is 11.7 Å². The van der Waals surface area contributed by atoms with E-state index in [1.54, 1.807) is 7.11 Å². The number of nitrogens with one attached hydrogen (secondary N) is 2. The van der Waals surface area contributed by atoms with Crippen LogP contribution in [0.3, 0.4) is 0 Å². The van der Waals surface area contributed by atoms with E-state index < -0.39 is 0 Å². The van der Waals surface area contributed by atoms with Crippen LogP contribution in [0.5, 0.6) is 0 Å². The van der Waals surface area contributed by atoms with Crippen LogP contribution in [0, 0.1) is 0 Å². The zero-order chi connectivity index (χ0) is 17.5. The van der Waals surface area contributed by atoms with E-state index in [9.17, 15) is 4.79 Å². The SMILES string of the molecule is COCCNC(=O)CCc1[nH]nc2ccnc([NH2+]C3CCCCC3)c12. The number of ether oxygens (including phenoxy) is 1. The third-order valence-corrected chi connectivity index (χ3v) is 4.85. The van der Waals surface area contributed by atoms with Gasteiger partial charge < -0.3 is 10.1 Å². The number of hydrogen-bond donors (Lipinski definition) is 3. The Morgan fingerprint density at radius 2 is 2.24 bits per heavy atom. The van der Waals surface area contributed by atoms with E-state index in [-0.39, 0.29) is 5.91 Å². The molecule has 136 valence electrons. The van der Waals surface area contributed by atoms with E-state index in [0.717, 1.165) is 22.4 Å². The lowest BCUT2D eigenvalue weighted by Crippen LogP contribution is -2.85. The molecule has 0 spiro atoms. The maximum atomic E-state index is 11.9. The molecule has 0 aliphatic heterocycles. The van der Waals surface area contributed by atoms with Gasteiger partial charge >= 0.3 is 0 Å². The molecule has 0 saturated heterocycles. The number of quaternary nitrogens is 1. The molecule has 1 fully saturated rings. The van der Waals surface area contributed by atoms with Crippen LogP contribution in [0.1, 0.15) is 44.2 Å². The molecule has 25 heavy (non-hydrogen) atoms. The molecule has 0 unspecified atom stereocenters. The number of nitrogens with zero attached hydrogens (tertiary/aromatic N) is 2. The summed E-state index contributed by atoms with van der Waals surface area (Å²) in [7, 11) is 1.63. The number of methoxy groups -OCH3 is 1. The molecule has 0 atom stereocenters. The molecule has 2 heterocycles. The van der Waals surface area contributed by atoms with Crippen molar-refractivity contribution < 1.29 is 14.8 Å². The third-order valence-electron chi connectivity index (χ3n) is 4.85. The van der Waals surface area contributed by atoms with Gasteiger partial charge in [0.15, 0.2) is 0 Å². The Hall–Kier alpha value is -1.99. The minimum Gasteiger partial charge on any atom is -0.383 e. The smallest absolute Gasteiger partial charge is 0.235 e. The van der Waals surface area contributed by atoms with Gasteiger partial charge in [0.1, 0.15) is 10.9 Å². The highest BCUT2D eigenvalue weighted by Gasteiger charge is 2.21. The number of amides is 1. The number of aryl methyl sites for hydroxylation is 1. The number of aromatic amines is 1. The summed E-state index contributed by atoms with van der Waals surface area (Å²) in [6.07, 6.45) is 9.32. The first-order valence-corrected chi connectivity index (χ1v) is 9.20. The molecule has 4 N–H and O–H groups in total. The first-order chi connectivity index (χ1) is 12.3. The first kappa shape index (κ1) is 17.8. The average Bonchev–Trinajstić information content (AvgIpc) is 3.05. The molecule has 1 saturated carbocycles. The van der Waals surface area contributed by atoms with Gasteiger partial charge in [0, 0.05) is 26.3 Å². The van der Waals surface area contributed by atoms with Gasteiger partial charge in [-0.2, -0.15) is 5.10 Å². The molecular weight excluding hydrogens is 318 g/mol. The van der Waals surface area contributed by atoms with Crippen LogP contribution < -0.4 is 10.6 Å². The molecule has 3 rings (SSSR count). The summed E-state index contributed by atoms with van der Waals surface area (Å²) < 4.78 is 4.94. The van der Waals surface area contributed by atoms with Gasteiger partial charge in [0.25, 0.3) is 0 Å². The second-order valence-electron chi connectivity index (χ2n) is 6.70. The Kier molecular flexibility index (Phi) is 6.36. The number of carbonyl (C=O) groups excluding carboxylic acids is 1. The van der Waals surface area contributed by atoms with Gasteiger partial charge in [-0.05, 0) is 38.2 Å². The minimum atomic E-state index is 0.0292. The second-order valence-corrected chi connectivity index (χ2v) is 6.70. The summed E-state index contributed by atoms with van der Waals surface area (Å²) >= 11 is 0. The monoisotopic (exact) mass is 346 g/mol. The molecule has 2 aromatic heterocycles. The third kappa shape index (κ3) is 4.76. The lowest BCUT2D eigenvalue weighted by atomic mass is 9.95. The largest absolute Gasteiger partial charge is 0.383 e. The van der Waals surface area contributed by atoms with E-state index >= 15 is 0 Å². The standard InChI is InChI=1S/C18H27N5O2/c1-25-12-11-19-16(24)8-7-14-17-15(23-22-14)9-10-20-18(17)21-13-5-3-2-4-6-13/h9-10,13H,2-8,11-12H2,1H3,(H,19,24)(H,20,21)(H,22,23)/p+1. The molecular formula is C18H28N5O2+. The van der Waals surface area contributed by atoms with Crippen LogP contribution in [0.15, 0.2) is 12.3 Å². The fourth-order valence-corrected chi connectivity index (χ4v) is 3.50. The van der Waals surface area contributed by atoms with Gasteiger partial charge in [-0.25, -0.2) is 4.98 Å². The van der Waals surface area contributed by atoms with Crippen molar-refractivity contribution in [3.63, 3.8) is 0 Å². The number of H-pyrrole nitrogens is 1. The number of aromatic nitrogens is 3. The first-order valence-electron chi connectivity index (χ1n) is 9.20. The Morgan fingerprint density at radius 3 is 3.04 bits per heavy atom. The van der Waals surface area contributed by atoms with Crippen LogP contribution in [-0.2, 0) is 16.0 Å². The number of pyridine rings is 1. The van der Waals surface area contributed by atoms with Crippen molar-refractivity contribution in [1.82, 2.24) is 20.5 Å². The normalized spacial score (nSPS) is 15.6. The lowest BCUT2D eigenvalue weighted by Gasteiger charge is -2.19. The zero-order valence-corrected chi connectivity index (χ0v) is 14.9. The van der Waals surface area contributed by atoms with Crippen molar-refractivity contribution in [2.45, 2.75) is 51.0 Å². The molecule has 7 heteroatoms.